The lowest BCUT2D eigenvalue weighted by molar-refractivity contribution is 0.488. The fourth-order valence-electron chi connectivity index (χ4n) is 9.71. The van der Waals surface area contributed by atoms with Gasteiger partial charge in [0, 0.05) is 27.6 Å². The third-order valence-corrected chi connectivity index (χ3v) is 12.4. The van der Waals surface area contributed by atoms with Crippen LogP contribution in [0.5, 0.6) is 11.5 Å². The molecule has 8 aromatic carbocycles. The summed E-state index contributed by atoms with van der Waals surface area (Å²) >= 11 is 0. The second-order valence-electron chi connectivity index (χ2n) is 16.1. The second-order valence-corrected chi connectivity index (χ2v) is 16.1. The van der Waals surface area contributed by atoms with E-state index in [2.05, 4.69) is 210 Å². The maximum absolute atomic E-state index is 7.03. The van der Waals surface area contributed by atoms with Crippen LogP contribution < -0.4 is 4.74 Å². The van der Waals surface area contributed by atoms with Gasteiger partial charge in [-0.3, -0.25) is 18.3 Å². The van der Waals surface area contributed by atoms with Crippen molar-refractivity contribution in [3.8, 4) is 34.8 Å². The summed E-state index contributed by atoms with van der Waals surface area (Å²) in [6, 6.07) is 59.7. The molecular formula is C54H40N6O. The van der Waals surface area contributed by atoms with E-state index in [4.69, 9.17) is 14.7 Å². The second kappa shape index (κ2) is 13.3. The highest BCUT2D eigenvalue weighted by atomic mass is 16.5. The quantitative estimate of drug-likeness (QED) is 0.169. The normalized spacial score (nSPS) is 11.9. The van der Waals surface area contributed by atoms with Crippen LogP contribution in [0.2, 0.25) is 0 Å². The molecule has 0 atom stereocenters. The summed E-state index contributed by atoms with van der Waals surface area (Å²) in [4.78, 5) is 10.9. The van der Waals surface area contributed by atoms with Crippen molar-refractivity contribution in [2.75, 3.05) is 0 Å². The topological polar surface area (TPSA) is 54.7 Å². The summed E-state index contributed by atoms with van der Waals surface area (Å²) in [6.45, 7) is 8.70. The minimum atomic E-state index is 0.675. The molecule has 0 saturated carbocycles. The van der Waals surface area contributed by atoms with Gasteiger partial charge in [0.05, 0.1) is 50.0 Å². The van der Waals surface area contributed by atoms with E-state index in [0.29, 0.717) is 11.5 Å². The molecule has 0 aliphatic rings. The third-order valence-electron chi connectivity index (χ3n) is 12.4. The fraction of sp³-hybridized carbons (Fsp3) is 0.0741. The summed E-state index contributed by atoms with van der Waals surface area (Å²) in [5, 5.41) is 4.64. The number of hydrogen-bond donors (Lipinski definition) is 0. The molecule has 0 fully saturated rings. The molecule has 0 aliphatic carbocycles. The highest BCUT2D eigenvalue weighted by Gasteiger charge is 2.25. The molecule has 0 unspecified atom stereocenters. The molecule has 0 bridgehead atoms. The van der Waals surface area contributed by atoms with Crippen LogP contribution in [0.25, 0.3) is 88.9 Å². The van der Waals surface area contributed by atoms with E-state index in [-0.39, 0.29) is 0 Å². The first-order valence-electron chi connectivity index (χ1n) is 20.8. The molecule has 0 saturated heterocycles. The molecule has 7 heteroatoms. The minimum Gasteiger partial charge on any atom is -0.455 e. The van der Waals surface area contributed by atoms with Crippen molar-refractivity contribution >= 4 is 65.7 Å². The first-order valence-corrected chi connectivity index (χ1v) is 20.8. The van der Waals surface area contributed by atoms with Crippen molar-refractivity contribution < 1.29 is 4.74 Å². The summed E-state index contributed by atoms with van der Waals surface area (Å²) in [5.74, 6) is 3.02. The number of fused-ring (bicyclic) bond motifs is 8. The molecule has 61 heavy (non-hydrogen) atoms. The Balaban J connectivity index is 1.09. The van der Waals surface area contributed by atoms with Gasteiger partial charge in [-0.2, -0.15) is 0 Å². The highest BCUT2D eigenvalue weighted by Crippen LogP contribution is 2.41. The lowest BCUT2D eigenvalue weighted by atomic mass is 10.1. The van der Waals surface area contributed by atoms with E-state index in [1.54, 1.807) is 0 Å². The Morgan fingerprint density at radius 3 is 1.39 bits per heavy atom. The molecule has 4 aromatic heterocycles. The Bertz CT molecular complexity index is 3650. The third kappa shape index (κ3) is 5.17. The number of nitrogens with zero attached hydrogens (tertiary/aromatic N) is 6. The minimum absolute atomic E-state index is 0.675. The van der Waals surface area contributed by atoms with Crippen LogP contribution in [0, 0.1) is 27.7 Å². The largest absolute Gasteiger partial charge is 0.455 e. The van der Waals surface area contributed by atoms with Crippen LogP contribution in [0.15, 0.2) is 170 Å². The molecule has 12 aromatic rings. The van der Waals surface area contributed by atoms with E-state index < -0.39 is 0 Å². The smallest absolute Gasteiger partial charge is 0.220 e. The Morgan fingerprint density at radius 1 is 0.361 bits per heavy atom. The van der Waals surface area contributed by atoms with Crippen molar-refractivity contribution in [3.05, 3.63) is 192 Å². The predicted octanol–water partition coefficient (Wildman–Crippen LogP) is 13.6. The van der Waals surface area contributed by atoms with Crippen molar-refractivity contribution in [1.29, 1.82) is 0 Å². The maximum atomic E-state index is 7.03. The van der Waals surface area contributed by atoms with Gasteiger partial charge in [-0.25, -0.2) is 9.97 Å². The fourth-order valence-corrected chi connectivity index (χ4v) is 9.71. The van der Waals surface area contributed by atoms with E-state index in [0.717, 1.165) is 89.3 Å². The molecule has 0 amide bonds. The first-order chi connectivity index (χ1) is 29.9. The maximum Gasteiger partial charge on any atom is 0.220 e. The SMILES string of the molecule is Cc1cccc(C)c1-n1c(-n2c3ccccc3c3ccc(Oc4cccc5c4nc(-n4c6ccccc6c6ccccc64)n5-c4c(C)cccc4C)cc32)nc2ccccc21. The molecule has 0 radical (unpaired) electrons. The Labute approximate surface area is 351 Å². The molecular weight excluding hydrogens is 749 g/mol. The molecule has 0 spiro atoms. The van der Waals surface area contributed by atoms with E-state index in [9.17, 15) is 0 Å². The van der Waals surface area contributed by atoms with E-state index in [1.807, 2.05) is 6.07 Å². The van der Waals surface area contributed by atoms with Crippen molar-refractivity contribution in [2.45, 2.75) is 27.7 Å². The van der Waals surface area contributed by atoms with Gasteiger partial charge in [0.15, 0.2) is 5.75 Å². The molecule has 292 valence electrons. The number of ether oxygens (including phenoxy) is 1. The van der Waals surface area contributed by atoms with Gasteiger partial charge in [0.25, 0.3) is 0 Å². The Kier molecular flexibility index (Phi) is 7.65. The summed E-state index contributed by atoms with van der Waals surface area (Å²) in [5.41, 5.74) is 14.9. The van der Waals surface area contributed by atoms with Crippen LogP contribution >= 0.6 is 0 Å². The zero-order chi connectivity index (χ0) is 40.9. The number of benzene rings is 8. The highest BCUT2D eigenvalue weighted by molar-refractivity contribution is 6.10. The van der Waals surface area contributed by atoms with Crippen LogP contribution in [-0.4, -0.2) is 28.2 Å². The van der Waals surface area contributed by atoms with E-state index >= 15 is 0 Å². The number of rotatable bonds is 6. The van der Waals surface area contributed by atoms with Crippen molar-refractivity contribution in [3.63, 3.8) is 0 Å². The zero-order valence-electron chi connectivity index (χ0n) is 34.3. The molecule has 0 N–H and O–H groups in total. The van der Waals surface area contributed by atoms with Crippen LogP contribution in [-0.2, 0) is 0 Å². The molecule has 0 aliphatic heterocycles. The van der Waals surface area contributed by atoms with Gasteiger partial charge in [-0.1, -0.05) is 109 Å². The van der Waals surface area contributed by atoms with Crippen molar-refractivity contribution in [1.82, 2.24) is 28.2 Å². The van der Waals surface area contributed by atoms with Gasteiger partial charge < -0.3 is 4.74 Å². The number of aromatic nitrogens is 6. The number of aryl methyl sites for hydroxylation is 4. The van der Waals surface area contributed by atoms with Gasteiger partial charge in [-0.15, -0.1) is 0 Å². The van der Waals surface area contributed by atoms with Crippen LogP contribution in [0.1, 0.15) is 22.3 Å². The summed E-state index contributed by atoms with van der Waals surface area (Å²) in [7, 11) is 0. The average molecular weight is 789 g/mol. The van der Waals surface area contributed by atoms with Crippen LogP contribution in [0.4, 0.5) is 0 Å². The molecule has 12 rings (SSSR count). The number of hydrogen-bond acceptors (Lipinski definition) is 3. The number of para-hydroxylation sites is 8. The first kappa shape index (κ1) is 35.1. The Hall–Kier alpha value is -7.90. The lowest BCUT2D eigenvalue weighted by Crippen LogP contribution is -2.08. The van der Waals surface area contributed by atoms with Crippen molar-refractivity contribution in [2.24, 2.45) is 0 Å². The van der Waals surface area contributed by atoms with E-state index in [1.165, 1.54) is 21.9 Å². The average Bonchev–Trinajstić information content (AvgIpc) is 4.02. The summed E-state index contributed by atoms with van der Waals surface area (Å²) < 4.78 is 16.2. The number of imidazole rings is 2. The Morgan fingerprint density at radius 2 is 0.803 bits per heavy atom. The summed E-state index contributed by atoms with van der Waals surface area (Å²) in [6.07, 6.45) is 0. The molecule has 7 nitrogen and oxygen atoms in total. The van der Waals surface area contributed by atoms with Gasteiger partial charge in [0.1, 0.15) is 11.3 Å². The predicted molar refractivity (Wildman–Crippen MR) is 250 cm³/mol. The zero-order valence-corrected chi connectivity index (χ0v) is 34.3. The monoisotopic (exact) mass is 788 g/mol. The van der Waals surface area contributed by atoms with Gasteiger partial charge in [0.2, 0.25) is 11.9 Å². The van der Waals surface area contributed by atoms with Gasteiger partial charge >= 0.3 is 0 Å². The molecule has 4 heterocycles. The standard InChI is InChI=1S/C54H40N6O/c1-33-16-13-17-34(2)51(33)59-46-27-12-8-23-42(46)55-53(59)58-45-26-11-7-22-40(45)41-31-30-37(32-48(41)58)61-49-29-15-28-47-50(49)56-54(60(47)52-35(3)18-14-19-36(52)4)57-43-24-9-5-20-38(43)39-21-6-10-25-44(39)57/h5-32H,1-4H3. The lowest BCUT2D eigenvalue weighted by Gasteiger charge is -2.17. The van der Waals surface area contributed by atoms with Crippen LogP contribution in [0.3, 0.4) is 0 Å². The van der Waals surface area contributed by atoms with Gasteiger partial charge in [-0.05, 0) is 105 Å².